The smallest absolute Gasteiger partial charge is 0.336 e. The van der Waals surface area contributed by atoms with Crippen molar-refractivity contribution in [2.45, 2.75) is 38.8 Å². The third-order valence-corrected chi connectivity index (χ3v) is 5.42. The van der Waals surface area contributed by atoms with Crippen LogP contribution in [0.15, 0.2) is 51.7 Å². The van der Waals surface area contributed by atoms with Crippen molar-refractivity contribution in [3.8, 4) is 0 Å². The quantitative estimate of drug-likeness (QED) is 0.679. The fourth-order valence-corrected chi connectivity index (χ4v) is 3.86. The van der Waals surface area contributed by atoms with Crippen LogP contribution in [0.3, 0.4) is 0 Å². The third kappa shape index (κ3) is 3.22. The van der Waals surface area contributed by atoms with Crippen LogP contribution < -0.4 is 10.9 Å². The Morgan fingerprint density at radius 3 is 2.96 bits per heavy atom. The molecule has 0 amide bonds. The van der Waals surface area contributed by atoms with E-state index in [1.165, 1.54) is 17.5 Å². The maximum atomic E-state index is 11.9. The first-order chi connectivity index (χ1) is 12.1. The Balaban J connectivity index is 1.66. The Hall–Kier alpha value is -2.10. The van der Waals surface area contributed by atoms with Gasteiger partial charge in [0.1, 0.15) is 5.58 Å². The van der Waals surface area contributed by atoms with Gasteiger partial charge in [-0.2, -0.15) is 0 Å². The Bertz CT molecular complexity index is 993. The van der Waals surface area contributed by atoms with Crippen molar-refractivity contribution in [3.63, 3.8) is 0 Å². The normalized spacial score (nSPS) is 16.8. The molecule has 3 aromatic rings. The predicted octanol–water partition coefficient (Wildman–Crippen LogP) is 4.92. The maximum Gasteiger partial charge on any atom is 0.336 e. The van der Waals surface area contributed by atoms with E-state index >= 15 is 0 Å². The third-order valence-electron chi connectivity index (χ3n) is 5.02. The fraction of sp³-hybridized carbons (Fsp3) is 0.286. The summed E-state index contributed by atoms with van der Waals surface area (Å²) in [4.78, 5) is 11.9. The van der Waals surface area contributed by atoms with Crippen LogP contribution in [0.4, 0.5) is 0 Å². The minimum absolute atomic E-state index is 0.313. The molecule has 0 unspecified atom stereocenters. The number of benzene rings is 2. The standard InChI is InChI=1S/C21H20ClNO2/c1-13-9-20-17(11-18(13)22)15(10-21(24)25-20)12-23-19-8-4-6-14-5-2-3-7-16(14)19/h2-3,5,7,9-11,19,23H,4,6,8,12H2,1H3/t19-/m1/s1. The van der Waals surface area contributed by atoms with Crippen LogP contribution in [0.25, 0.3) is 11.0 Å². The van der Waals surface area contributed by atoms with Gasteiger partial charge in [0.25, 0.3) is 0 Å². The molecular formula is C21H20ClNO2. The summed E-state index contributed by atoms with van der Waals surface area (Å²) in [7, 11) is 0. The first kappa shape index (κ1) is 16.4. The molecular weight excluding hydrogens is 334 g/mol. The highest BCUT2D eigenvalue weighted by Gasteiger charge is 2.19. The minimum Gasteiger partial charge on any atom is -0.423 e. The summed E-state index contributed by atoms with van der Waals surface area (Å²) in [6.07, 6.45) is 3.43. The first-order valence-corrected chi connectivity index (χ1v) is 9.03. The number of hydrogen-bond donors (Lipinski definition) is 1. The van der Waals surface area contributed by atoms with Crippen LogP contribution in [0.2, 0.25) is 5.02 Å². The molecule has 1 aliphatic carbocycles. The highest BCUT2D eigenvalue weighted by atomic mass is 35.5. The molecule has 4 heteroatoms. The summed E-state index contributed by atoms with van der Waals surface area (Å²) in [6, 6.07) is 14.2. The summed E-state index contributed by atoms with van der Waals surface area (Å²) < 4.78 is 5.34. The van der Waals surface area contributed by atoms with E-state index in [1.807, 2.05) is 19.1 Å². The Morgan fingerprint density at radius 1 is 1.24 bits per heavy atom. The van der Waals surface area contributed by atoms with Crippen molar-refractivity contribution in [1.82, 2.24) is 5.32 Å². The lowest BCUT2D eigenvalue weighted by Crippen LogP contribution is -2.25. The molecule has 4 rings (SSSR count). The van der Waals surface area contributed by atoms with Crippen LogP contribution in [0, 0.1) is 6.92 Å². The molecule has 1 N–H and O–H groups in total. The average molecular weight is 354 g/mol. The van der Waals surface area contributed by atoms with Gasteiger partial charge in [-0.05, 0) is 60.6 Å². The molecule has 0 fully saturated rings. The van der Waals surface area contributed by atoms with E-state index in [4.69, 9.17) is 16.0 Å². The maximum absolute atomic E-state index is 11.9. The van der Waals surface area contributed by atoms with Crippen LogP contribution in [0.1, 0.15) is 41.1 Å². The average Bonchev–Trinajstić information content (AvgIpc) is 2.61. The number of halogens is 1. The molecule has 0 radical (unpaired) electrons. The van der Waals surface area contributed by atoms with Gasteiger partial charge in [0.2, 0.25) is 0 Å². The van der Waals surface area contributed by atoms with E-state index < -0.39 is 0 Å². The van der Waals surface area contributed by atoms with Crippen molar-refractivity contribution in [2.75, 3.05) is 0 Å². The predicted molar refractivity (Wildman–Crippen MR) is 101 cm³/mol. The molecule has 0 spiro atoms. The zero-order valence-electron chi connectivity index (χ0n) is 14.1. The highest BCUT2D eigenvalue weighted by Crippen LogP contribution is 2.30. The number of fused-ring (bicyclic) bond motifs is 2. The molecule has 0 saturated heterocycles. The molecule has 1 aliphatic rings. The molecule has 1 atom stereocenters. The summed E-state index contributed by atoms with van der Waals surface area (Å²) >= 11 is 6.28. The van der Waals surface area contributed by atoms with Crippen LogP contribution in [-0.2, 0) is 13.0 Å². The van der Waals surface area contributed by atoms with Crippen molar-refractivity contribution in [1.29, 1.82) is 0 Å². The van der Waals surface area contributed by atoms with Crippen molar-refractivity contribution >= 4 is 22.6 Å². The molecule has 2 aromatic carbocycles. The zero-order chi connectivity index (χ0) is 17.4. The second kappa shape index (κ2) is 6.66. The lowest BCUT2D eigenvalue weighted by molar-refractivity contribution is 0.458. The number of rotatable bonds is 3. The Morgan fingerprint density at radius 2 is 2.08 bits per heavy atom. The van der Waals surface area contributed by atoms with Gasteiger partial charge in [0, 0.05) is 29.1 Å². The van der Waals surface area contributed by atoms with Gasteiger partial charge in [-0.1, -0.05) is 35.9 Å². The zero-order valence-corrected chi connectivity index (χ0v) is 14.9. The number of aryl methyl sites for hydroxylation is 2. The molecule has 1 aromatic heterocycles. The summed E-state index contributed by atoms with van der Waals surface area (Å²) in [6.45, 7) is 2.52. The lowest BCUT2D eigenvalue weighted by atomic mass is 9.87. The summed E-state index contributed by atoms with van der Waals surface area (Å²) in [5.74, 6) is 0. The SMILES string of the molecule is Cc1cc2oc(=O)cc(CN[C@@H]3CCCc4ccccc43)c2cc1Cl. The Kier molecular flexibility index (Phi) is 4.36. The van der Waals surface area contributed by atoms with Gasteiger partial charge in [0.15, 0.2) is 0 Å². The van der Waals surface area contributed by atoms with Gasteiger partial charge in [-0.25, -0.2) is 4.79 Å². The molecule has 1 heterocycles. The van der Waals surface area contributed by atoms with Gasteiger partial charge < -0.3 is 9.73 Å². The highest BCUT2D eigenvalue weighted by molar-refractivity contribution is 6.32. The van der Waals surface area contributed by atoms with Crippen LogP contribution in [0.5, 0.6) is 0 Å². The minimum atomic E-state index is -0.324. The van der Waals surface area contributed by atoms with E-state index in [-0.39, 0.29) is 5.63 Å². The topological polar surface area (TPSA) is 42.2 Å². The largest absolute Gasteiger partial charge is 0.423 e. The Labute approximate surface area is 151 Å². The van der Waals surface area contributed by atoms with E-state index in [0.29, 0.717) is 23.2 Å². The number of nitrogens with one attached hydrogen (secondary N) is 1. The monoisotopic (exact) mass is 353 g/mol. The van der Waals surface area contributed by atoms with Crippen LogP contribution >= 0.6 is 11.6 Å². The summed E-state index contributed by atoms with van der Waals surface area (Å²) in [5, 5.41) is 5.20. The van der Waals surface area contributed by atoms with Crippen LogP contribution in [-0.4, -0.2) is 0 Å². The van der Waals surface area contributed by atoms with Crippen molar-refractivity contribution in [3.05, 3.63) is 80.2 Å². The molecule has 0 aliphatic heterocycles. The molecule has 3 nitrogen and oxygen atoms in total. The van der Waals surface area contributed by atoms with E-state index in [2.05, 4.69) is 29.6 Å². The van der Waals surface area contributed by atoms with E-state index in [9.17, 15) is 4.79 Å². The fourth-order valence-electron chi connectivity index (χ4n) is 3.69. The van der Waals surface area contributed by atoms with E-state index in [0.717, 1.165) is 29.4 Å². The van der Waals surface area contributed by atoms with Gasteiger partial charge in [0.05, 0.1) is 0 Å². The summed E-state index contributed by atoms with van der Waals surface area (Å²) in [5.41, 5.74) is 4.89. The number of hydrogen-bond acceptors (Lipinski definition) is 3. The molecule has 0 bridgehead atoms. The molecule has 0 saturated carbocycles. The molecule has 128 valence electrons. The van der Waals surface area contributed by atoms with Gasteiger partial charge >= 0.3 is 5.63 Å². The second-order valence-electron chi connectivity index (χ2n) is 6.71. The second-order valence-corrected chi connectivity index (χ2v) is 7.12. The van der Waals surface area contributed by atoms with Crippen molar-refractivity contribution in [2.24, 2.45) is 0 Å². The molecule has 25 heavy (non-hydrogen) atoms. The van der Waals surface area contributed by atoms with Crippen molar-refractivity contribution < 1.29 is 4.42 Å². The van der Waals surface area contributed by atoms with Gasteiger partial charge in [-0.3, -0.25) is 0 Å². The van der Waals surface area contributed by atoms with E-state index in [1.54, 1.807) is 6.07 Å². The van der Waals surface area contributed by atoms with Gasteiger partial charge in [-0.15, -0.1) is 0 Å². The lowest BCUT2D eigenvalue weighted by Gasteiger charge is -2.26. The first-order valence-electron chi connectivity index (χ1n) is 8.66.